The maximum absolute atomic E-state index is 6.01. The summed E-state index contributed by atoms with van der Waals surface area (Å²) in [4.78, 5) is 6.52. The zero-order chi connectivity index (χ0) is 13.8. The number of hydrogen-bond acceptors (Lipinski definition) is 2. The van der Waals surface area contributed by atoms with E-state index in [1.54, 1.807) is 0 Å². The van der Waals surface area contributed by atoms with Crippen LogP contribution in [0, 0.1) is 0 Å². The van der Waals surface area contributed by atoms with Gasteiger partial charge in [0.1, 0.15) is 5.82 Å². The van der Waals surface area contributed by atoms with Crippen molar-refractivity contribution in [1.29, 1.82) is 0 Å². The van der Waals surface area contributed by atoms with Gasteiger partial charge in [0.05, 0.1) is 16.6 Å². The SMILES string of the molecule is CN(Cc1cccc(Br)c1)c1ccc(Cl)c(CCl)n1. The summed E-state index contributed by atoms with van der Waals surface area (Å²) in [6.45, 7) is 0.774. The molecule has 0 radical (unpaired) electrons. The smallest absolute Gasteiger partial charge is 0.129 e. The molecule has 0 saturated heterocycles. The van der Waals surface area contributed by atoms with E-state index < -0.39 is 0 Å². The topological polar surface area (TPSA) is 16.1 Å². The summed E-state index contributed by atoms with van der Waals surface area (Å²) in [5.41, 5.74) is 1.92. The van der Waals surface area contributed by atoms with Crippen molar-refractivity contribution < 1.29 is 0 Å². The van der Waals surface area contributed by atoms with Crippen LogP contribution < -0.4 is 4.90 Å². The van der Waals surface area contributed by atoms with E-state index >= 15 is 0 Å². The monoisotopic (exact) mass is 358 g/mol. The molecule has 2 nitrogen and oxygen atoms in total. The zero-order valence-corrected chi connectivity index (χ0v) is 13.5. The molecule has 1 aromatic heterocycles. The van der Waals surface area contributed by atoms with Gasteiger partial charge in [-0.3, -0.25) is 0 Å². The molecule has 0 fully saturated rings. The lowest BCUT2D eigenvalue weighted by molar-refractivity contribution is 0.890. The van der Waals surface area contributed by atoms with E-state index in [-0.39, 0.29) is 0 Å². The molecule has 1 aromatic carbocycles. The highest BCUT2D eigenvalue weighted by Gasteiger charge is 2.07. The van der Waals surface area contributed by atoms with E-state index in [9.17, 15) is 0 Å². The van der Waals surface area contributed by atoms with Crippen LogP contribution >= 0.6 is 39.1 Å². The lowest BCUT2D eigenvalue weighted by Gasteiger charge is -2.19. The van der Waals surface area contributed by atoms with Crippen LogP contribution in [-0.4, -0.2) is 12.0 Å². The lowest BCUT2D eigenvalue weighted by atomic mass is 10.2. The number of benzene rings is 1. The molecule has 0 bridgehead atoms. The van der Waals surface area contributed by atoms with Crippen LogP contribution in [0.2, 0.25) is 5.02 Å². The number of halogens is 3. The quantitative estimate of drug-likeness (QED) is 0.723. The van der Waals surface area contributed by atoms with Crippen molar-refractivity contribution >= 4 is 44.9 Å². The third-order valence-corrected chi connectivity index (χ3v) is 3.82. The van der Waals surface area contributed by atoms with Crippen LogP contribution in [0.1, 0.15) is 11.3 Å². The first-order valence-electron chi connectivity index (χ1n) is 5.77. The minimum Gasteiger partial charge on any atom is -0.355 e. The molecule has 0 aliphatic carbocycles. The second kappa shape index (κ2) is 6.60. The zero-order valence-electron chi connectivity index (χ0n) is 10.4. The van der Waals surface area contributed by atoms with Gasteiger partial charge in [0.2, 0.25) is 0 Å². The number of hydrogen-bond donors (Lipinski definition) is 0. The fraction of sp³-hybridized carbons (Fsp3) is 0.214. The van der Waals surface area contributed by atoms with Crippen molar-refractivity contribution in [2.75, 3.05) is 11.9 Å². The predicted molar refractivity (Wildman–Crippen MR) is 85.1 cm³/mol. The summed E-state index contributed by atoms with van der Waals surface area (Å²) >= 11 is 15.3. The van der Waals surface area contributed by atoms with Gasteiger partial charge < -0.3 is 4.90 Å². The molecule has 2 rings (SSSR count). The minimum absolute atomic E-state index is 0.317. The highest BCUT2D eigenvalue weighted by atomic mass is 79.9. The van der Waals surface area contributed by atoms with Crippen LogP contribution in [0.15, 0.2) is 40.9 Å². The first kappa shape index (κ1) is 14.6. The van der Waals surface area contributed by atoms with Gasteiger partial charge >= 0.3 is 0 Å². The normalized spacial score (nSPS) is 10.5. The van der Waals surface area contributed by atoms with Gasteiger partial charge in [0.25, 0.3) is 0 Å². The molecule has 19 heavy (non-hydrogen) atoms. The Morgan fingerprint density at radius 1 is 1.26 bits per heavy atom. The Labute approximate surface area is 131 Å². The average Bonchev–Trinajstić information content (AvgIpc) is 2.39. The molecular formula is C14H13BrCl2N2. The molecule has 100 valence electrons. The van der Waals surface area contributed by atoms with E-state index in [4.69, 9.17) is 23.2 Å². The van der Waals surface area contributed by atoms with Crippen molar-refractivity contribution in [3.05, 3.63) is 57.2 Å². The number of pyridine rings is 1. The first-order valence-corrected chi connectivity index (χ1v) is 7.47. The van der Waals surface area contributed by atoms with Crippen molar-refractivity contribution in [3.8, 4) is 0 Å². The Balaban J connectivity index is 2.18. The molecule has 0 aliphatic heterocycles. The van der Waals surface area contributed by atoms with Crippen molar-refractivity contribution in [1.82, 2.24) is 4.98 Å². The largest absolute Gasteiger partial charge is 0.355 e. The summed E-state index contributed by atoms with van der Waals surface area (Å²) in [7, 11) is 2.00. The summed E-state index contributed by atoms with van der Waals surface area (Å²) in [6, 6.07) is 11.9. The number of rotatable bonds is 4. The number of nitrogens with zero attached hydrogens (tertiary/aromatic N) is 2. The predicted octanol–water partition coefficient (Wildman–Crippen LogP) is 4.87. The van der Waals surface area contributed by atoms with Gasteiger partial charge in [-0.2, -0.15) is 0 Å². The van der Waals surface area contributed by atoms with Crippen LogP contribution in [0.25, 0.3) is 0 Å². The molecule has 0 aliphatic rings. The van der Waals surface area contributed by atoms with Gasteiger partial charge in [-0.25, -0.2) is 4.98 Å². The summed E-state index contributed by atoms with van der Waals surface area (Å²) in [6.07, 6.45) is 0. The Kier molecular flexibility index (Phi) is 5.08. The van der Waals surface area contributed by atoms with E-state index in [1.807, 2.05) is 31.3 Å². The molecule has 0 N–H and O–H groups in total. The number of anilines is 1. The van der Waals surface area contributed by atoms with Crippen LogP contribution in [0.3, 0.4) is 0 Å². The lowest BCUT2D eigenvalue weighted by Crippen LogP contribution is -2.18. The maximum Gasteiger partial charge on any atom is 0.129 e. The third-order valence-electron chi connectivity index (χ3n) is 2.73. The maximum atomic E-state index is 6.01. The second-order valence-corrected chi connectivity index (χ2v) is 5.81. The molecule has 0 spiro atoms. The van der Waals surface area contributed by atoms with Crippen molar-refractivity contribution in [2.24, 2.45) is 0 Å². The summed E-state index contributed by atoms with van der Waals surface area (Å²) in [5.74, 6) is 1.18. The Hall–Kier alpha value is -0.770. The molecule has 0 unspecified atom stereocenters. The summed E-state index contributed by atoms with van der Waals surface area (Å²) in [5, 5.41) is 0.606. The van der Waals surface area contributed by atoms with E-state index in [0.717, 1.165) is 16.8 Å². The Morgan fingerprint density at radius 3 is 2.74 bits per heavy atom. The van der Waals surface area contributed by atoms with Crippen LogP contribution in [0.5, 0.6) is 0 Å². The number of alkyl halides is 1. The highest BCUT2D eigenvalue weighted by molar-refractivity contribution is 9.10. The fourth-order valence-electron chi connectivity index (χ4n) is 1.77. The van der Waals surface area contributed by atoms with Gasteiger partial charge in [-0.1, -0.05) is 39.7 Å². The van der Waals surface area contributed by atoms with Gasteiger partial charge in [0, 0.05) is 18.1 Å². The van der Waals surface area contributed by atoms with Gasteiger partial charge in [0.15, 0.2) is 0 Å². The second-order valence-electron chi connectivity index (χ2n) is 4.22. The van der Waals surface area contributed by atoms with E-state index in [1.165, 1.54) is 5.56 Å². The molecular weight excluding hydrogens is 347 g/mol. The standard InChI is InChI=1S/C14H13BrCl2N2/c1-19(9-10-3-2-4-11(15)7-10)14-6-5-12(17)13(8-16)18-14/h2-7H,8-9H2,1H3. The van der Waals surface area contributed by atoms with Gasteiger partial charge in [-0.15, -0.1) is 11.6 Å². The number of aromatic nitrogens is 1. The molecule has 0 amide bonds. The fourth-order valence-corrected chi connectivity index (χ4v) is 2.66. The third kappa shape index (κ3) is 3.85. The highest BCUT2D eigenvalue weighted by Crippen LogP contribution is 2.21. The van der Waals surface area contributed by atoms with E-state index in [2.05, 4.69) is 37.9 Å². The van der Waals surface area contributed by atoms with E-state index in [0.29, 0.717) is 16.6 Å². The van der Waals surface area contributed by atoms with Crippen LogP contribution in [-0.2, 0) is 12.4 Å². The Bertz CT molecular complexity index is 575. The molecule has 1 heterocycles. The summed E-state index contributed by atoms with van der Waals surface area (Å²) < 4.78 is 1.07. The molecule has 0 atom stereocenters. The average molecular weight is 360 g/mol. The first-order chi connectivity index (χ1) is 9.10. The van der Waals surface area contributed by atoms with Crippen LogP contribution in [0.4, 0.5) is 5.82 Å². The molecule has 2 aromatic rings. The molecule has 0 saturated carbocycles. The van der Waals surface area contributed by atoms with Crippen molar-refractivity contribution in [3.63, 3.8) is 0 Å². The molecule has 5 heteroatoms. The van der Waals surface area contributed by atoms with Crippen molar-refractivity contribution in [2.45, 2.75) is 12.4 Å². The van der Waals surface area contributed by atoms with Gasteiger partial charge in [-0.05, 0) is 29.8 Å². The minimum atomic E-state index is 0.317. The Morgan fingerprint density at radius 2 is 2.05 bits per heavy atom.